The molecule has 0 N–H and O–H groups in total. The maximum Gasteiger partial charge on any atom is 0.238 e. The second-order valence-electron chi connectivity index (χ2n) is 7.10. The van der Waals surface area contributed by atoms with Gasteiger partial charge in [-0.25, -0.2) is 0 Å². The van der Waals surface area contributed by atoms with Crippen LogP contribution in [0, 0.1) is 42.4 Å². The molecule has 5 aliphatic rings. The molecule has 0 spiro atoms. The highest BCUT2D eigenvalue weighted by atomic mass is 79.9. The van der Waals surface area contributed by atoms with Crippen LogP contribution in [0.25, 0.3) is 0 Å². The number of imide groups is 1. The Bertz CT molecular complexity index is 719. The molecule has 1 aromatic rings. The molecule has 2 amide bonds. The van der Waals surface area contributed by atoms with Gasteiger partial charge in [0.2, 0.25) is 11.8 Å². The number of nitrogens with zero attached hydrogens (tertiary/aromatic N) is 1. The van der Waals surface area contributed by atoms with Gasteiger partial charge in [0.15, 0.2) is 0 Å². The number of anilines is 1. The number of rotatable bonds is 1. The van der Waals surface area contributed by atoms with Crippen molar-refractivity contribution in [3.05, 3.63) is 40.4 Å². The highest BCUT2D eigenvalue weighted by Gasteiger charge is 2.67. The van der Waals surface area contributed by atoms with Crippen LogP contribution in [0.1, 0.15) is 12.0 Å². The first-order valence-electron chi connectivity index (χ1n) is 7.90. The van der Waals surface area contributed by atoms with Crippen LogP contribution >= 0.6 is 15.9 Å². The summed E-state index contributed by atoms with van der Waals surface area (Å²) in [6.07, 6.45) is 5.62. The summed E-state index contributed by atoms with van der Waals surface area (Å²) < 4.78 is 0.996. The Morgan fingerprint density at radius 3 is 2.18 bits per heavy atom. The zero-order valence-corrected chi connectivity index (χ0v) is 13.8. The van der Waals surface area contributed by atoms with E-state index >= 15 is 0 Å². The van der Waals surface area contributed by atoms with Crippen LogP contribution in [0.5, 0.6) is 0 Å². The monoisotopic (exact) mass is 357 g/mol. The van der Waals surface area contributed by atoms with E-state index in [0.29, 0.717) is 11.8 Å². The SMILES string of the molecule is Cc1cc(N2C(=O)C3C4C=CC(C5CC45)C3C2=O)ccc1Br. The lowest BCUT2D eigenvalue weighted by molar-refractivity contribution is -0.124. The summed E-state index contributed by atoms with van der Waals surface area (Å²) in [5.74, 6) is 1.68. The lowest BCUT2D eigenvalue weighted by Crippen LogP contribution is -2.40. The number of hydrogen-bond donors (Lipinski definition) is 0. The summed E-state index contributed by atoms with van der Waals surface area (Å²) >= 11 is 3.47. The zero-order chi connectivity index (χ0) is 15.2. The molecule has 2 saturated carbocycles. The highest BCUT2D eigenvalue weighted by Crippen LogP contribution is 2.65. The van der Waals surface area contributed by atoms with E-state index in [4.69, 9.17) is 0 Å². The van der Waals surface area contributed by atoms with Gasteiger partial charge in [0.25, 0.3) is 0 Å². The minimum atomic E-state index is -0.116. The van der Waals surface area contributed by atoms with Gasteiger partial charge in [-0.2, -0.15) is 0 Å². The summed E-state index contributed by atoms with van der Waals surface area (Å²) in [5, 5.41) is 0. The van der Waals surface area contributed by atoms with Crippen molar-refractivity contribution in [2.45, 2.75) is 13.3 Å². The molecule has 0 aromatic heterocycles. The van der Waals surface area contributed by atoms with Crippen molar-refractivity contribution in [1.29, 1.82) is 0 Å². The fourth-order valence-corrected chi connectivity index (χ4v) is 5.23. The molecule has 1 saturated heterocycles. The number of aryl methyl sites for hydroxylation is 1. The van der Waals surface area contributed by atoms with Crippen LogP contribution in [0.3, 0.4) is 0 Å². The van der Waals surface area contributed by atoms with Gasteiger partial charge >= 0.3 is 0 Å². The summed E-state index contributed by atoms with van der Waals surface area (Å²) in [7, 11) is 0. The predicted octanol–water partition coefficient (Wildman–Crippen LogP) is 3.32. The maximum atomic E-state index is 13.0. The van der Waals surface area contributed by atoms with Crippen molar-refractivity contribution in [2.24, 2.45) is 35.5 Å². The first-order chi connectivity index (χ1) is 10.6. The first-order valence-corrected chi connectivity index (χ1v) is 8.69. The molecular weight excluding hydrogens is 342 g/mol. The number of hydrogen-bond acceptors (Lipinski definition) is 2. The second-order valence-corrected chi connectivity index (χ2v) is 7.95. The van der Waals surface area contributed by atoms with E-state index in [1.165, 1.54) is 11.3 Å². The maximum absolute atomic E-state index is 13.0. The van der Waals surface area contributed by atoms with Crippen LogP contribution < -0.4 is 4.90 Å². The number of allylic oxidation sites excluding steroid dienone is 2. The Hall–Kier alpha value is -1.42. The van der Waals surface area contributed by atoms with Crippen molar-refractivity contribution in [3.8, 4) is 0 Å². The minimum Gasteiger partial charge on any atom is -0.274 e. The van der Waals surface area contributed by atoms with E-state index in [9.17, 15) is 9.59 Å². The van der Waals surface area contributed by atoms with Gasteiger partial charge in [-0.1, -0.05) is 28.1 Å². The summed E-state index contributed by atoms with van der Waals surface area (Å²) in [5.41, 5.74) is 1.76. The summed E-state index contributed by atoms with van der Waals surface area (Å²) in [4.78, 5) is 27.4. The topological polar surface area (TPSA) is 37.4 Å². The van der Waals surface area contributed by atoms with Gasteiger partial charge < -0.3 is 0 Å². The molecule has 6 rings (SSSR count). The molecule has 1 aliphatic heterocycles. The molecule has 112 valence electrons. The Kier molecular flexibility index (Phi) is 2.44. The van der Waals surface area contributed by atoms with Gasteiger partial charge in [-0.3, -0.25) is 14.5 Å². The molecule has 6 unspecified atom stereocenters. The molecule has 4 aliphatic carbocycles. The van der Waals surface area contributed by atoms with Gasteiger partial charge in [0.05, 0.1) is 17.5 Å². The van der Waals surface area contributed by atoms with Gasteiger partial charge in [0.1, 0.15) is 0 Å². The highest BCUT2D eigenvalue weighted by molar-refractivity contribution is 9.10. The number of amides is 2. The van der Waals surface area contributed by atoms with Crippen LogP contribution in [-0.4, -0.2) is 11.8 Å². The fraction of sp³-hybridized carbons (Fsp3) is 0.444. The van der Waals surface area contributed by atoms with Gasteiger partial charge in [0, 0.05) is 4.47 Å². The number of carbonyl (C=O) groups excluding carboxylic acids is 2. The first kappa shape index (κ1) is 13.1. The van der Waals surface area contributed by atoms with E-state index in [1.54, 1.807) is 0 Å². The normalized spacial score (nSPS) is 40.9. The Labute approximate surface area is 137 Å². The van der Waals surface area contributed by atoms with Crippen molar-refractivity contribution in [3.63, 3.8) is 0 Å². The number of carbonyl (C=O) groups is 2. The average molecular weight is 358 g/mol. The van der Waals surface area contributed by atoms with Crippen molar-refractivity contribution >= 4 is 33.4 Å². The zero-order valence-electron chi connectivity index (χ0n) is 12.2. The second kappa shape index (κ2) is 4.10. The third-order valence-corrected chi connectivity index (χ3v) is 6.95. The van der Waals surface area contributed by atoms with Crippen LogP contribution in [-0.2, 0) is 9.59 Å². The molecule has 3 nitrogen and oxygen atoms in total. The molecular formula is C18H16BrNO2. The Morgan fingerprint density at radius 2 is 1.64 bits per heavy atom. The molecule has 1 aromatic carbocycles. The van der Waals surface area contributed by atoms with Crippen LogP contribution in [0.15, 0.2) is 34.8 Å². The van der Waals surface area contributed by atoms with E-state index in [-0.39, 0.29) is 35.5 Å². The molecule has 4 heteroatoms. The van der Waals surface area contributed by atoms with Crippen LogP contribution in [0.2, 0.25) is 0 Å². The standard InChI is InChI=1S/C18H16BrNO2/c1-8-6-9(2-5-14(8)19)20-17(21)15-10-3-4-11(13-7-12(10)13)16(15)18(20)22/h2-6,10-13,15-16H,7H2,1H3. The average Bonchev–Trinajstić information content (AvgIpc) is 3.28. The largest absolute Gasteiger partial charge is 0.274 e. The quantitative estimate of drug-likeness (QED) is 0.571. The Balaban J connectivity index is 1.58. The molecule has 0 radical (unpaired) electrons. The van der Waals surface area contributed by atoms with E-state index in [1.807, 2.05) is 25.1 Å². The molecule has 3 fully saturated rings. The minimum absolute atomic E-state index is 0.0152. The predicted molar refractivity (Wildman–Crippen MR) is 86.1 cm³/mol. The van der Waals surface area contributed by atoms with Crippen molar-refractivity contribution in [1.82, 2.24) is 0 Å². The number of benzene rings is 1. The van der Waals surface area contributed by atoms with E-state index < -0.39 is 0 Å². The number of halogens is 1. The lowest BCUT2D eigenvalue weighted by Gasteiger charge is -2.37. The third kappa shape index (κ3) is 1.47. The van der Waals surface area contributed by atoms with Crippen molar-refractivity contribution < 1.29 is 9.59 Å². The van der Waals surface area contributed by atoms with Crippen molar-refractivity contribution in [2.75, 3.05) is 4.90 Å². The lowest BCUT2D eigenvalue weighted by atomic mass is 9.63. The van der Waals surface area contributed by atoms with E-state index in [2.05, 4.69) is 28.1 Å². The fourth-order valence-electron chi connectivity index (χ4n) is 4.98. The molecule has 1 heterocycles. The molecule has 22 heavy (non-hydrogen) atoms. The Morgan fingerprint density at radius 1 is 1.05 bits per heavy atom. The van der Waals surface area contributed by atoms with Crippen LogP contribution in [0.4, 0.5) is 5.69 Å². The van der Waals surface area contributed by atoms with E-state index in [0.717, 1.165) is 15.7 Å². The smallest absolute Gasteiger partial charge is 0.238 e. The third-order valence-electron chi connectivity index (χ3n) is 6.06. The van der Waals surface area contributed by atoms with Gasteiger partial charge in [-0.15, -0.1) is 0 Å². The molecule has 2 bridgehead atoms. The summed E-state index contributed by atoms with van der Waals surface area (Å²) in [6.45, 7) is 1.98. The molecule has 6 atom stereocenters. The van der Waals surface area contributed by atoms with Gasteiger partial charge in [-0.05, 0) is 60.8 Å². The summed E-state index contributed by atoms with van der Waals surface area (Å²) in [6, 6.07) is 5.70.